The van der Waals surface area contributed by atoms with Gasteiger partial charge in [0.05, 0.1) is 0 Å². The molecule has 1 N–H and O–H groups in total. The summed E-state index contributed by atoms with van der Waals surface area (Å²) in [7, 11) is -3.80. The highest BCUT2D eigenvalue weighted by Crippen LogP contribution is 2.49. The number of hydrogen-bond acceptors (Lipinski definition) is 3. The summed E-state index contributed by atoms with van der Waals surface area (Å²) in [6.45, 7) is 1.92. The Bertz CT molecular complexity index is 930. The van der Waals surface area contributed by atoms with Gasteiger partial charge in [-0.25, -0.2) is 4.57 Å². The van der Waals surface area contributed by atoms with E-state index >= 15 is 0 Å². The highest BCUT2D eigenvalue weighted by Gasteiger charge is 2.29. The summed E-state index contributed by atoms with van der Waals surface area (Å²) >= 11 is 14.0. The number of nitrogens with one attached hydrogen (secondary N) is 1. The molecule has 3 aromatic rings. The molecule has 0 fully saturated rings. The lowest BCUT2D eigenvalue weighted by Gasteiger charge is -2.22. The molecule has 0 bridgehead atoms. The van der Waals surface area contributed by atoms with Crippen molar-refractivity contribution in [1.29, 1.82) is 0 Å². The molecule has 0 heterocycles. The third kappa shape index (κ3) is 5.79. The van der Waals surface area contributed by atoms with Crippen molar-refractivity contribution in [3.63, 3.8) is 0 Å². The average molecular weight is 534 g/mol. The molecule has 4 nitrogen and oxygen atoms in total. The Morgan fingerprint density at radius 1 is 0.852 bits per heavy atom. The third-order valence-corrected chi connectivity index (χ3v) is 6.12. The van der Waals surface area contributed by atoms with Crippen LogP contribution in [0.2, 0.25) is 10.0 Å². The van der Waals surface area contributed by atoms with Crippen LogP contribution in [0.15, 0.2) is 66.7 Å². The quantitative estimate of drug-likeness (QED) is 0.262. The Kier molecular flexibility index (Phi) is 6.58. The van der Waals surface area contributed by atoms with E-state index in [1.165, 1.54) is 0 Å². The zero-order valence-electron chi connectivity index (χ0n) is 14.2. The predicted molar refractivity (Wildman–Crippen MR) is 119 cm³/mol. The zero-order valence-corrected chi connectivity index (χ0v) is 18.7. The van der Waals surface area contributed by atoms with Crippen molar-refractivity contribution in [2.75, 3.05) is 5.09 Å². The maximum Gasteiger partial charge on any atom is 0.541 e. The van der Waals surface area contributed by atoms with Gasteiger partial charge in [0.1, 0.15) is 11.5 Å². The second-order valence-corrected chi connectivity index (χ2v) is 9.36. The Morgan fingerprint density at radius 3 is 1.78 bits per heavy atom. The molecule has 0 saturated heterocycles. The molecule has 0 aromatic heterocycles. The molecule has 0 spiro atoms. The Labute approximate surface area is 181 Å². The molecule has 0 atom stereocenters. The number of hydrogen-bond donors (Lipinski definition) is 1. The van der Waals surface area contributed by atoms with Crippen molar-refractivity contribution in [1.82, 2.24) is 0 Å². The fraction of sp³-hybridized carbons (Fsp3) is 0.0526. The molecule has 0 aliphatic rings. The van der Waals surface area contributed by atoms with Crippen LogP contribution in [0.4, 0.5) is 5.69 Å². The standard InChI is InChI=1S/C19H15Cl2INO3P/c1-13-12-16(22)6-11-19(13)23-27(24,25-17-7-2-14(20)3-8-17)26-18-9-4-15(21)5-10-18/h2-12H,1H3,(H,23,24). The third-order valence-electron chi connectivity index (χ3n) is 3.52. The van der Waals surface area contributed by atoms with Gasteiger partial charge in [0, 0.05) is 19.3 Å². The second-order valence-electron chi connectivity index (χ2n) is 5.66. The van der Waals surface area contributed by atoms with Crippen LogP contribution in [0.1, 0.15) is 5.56 Å². The van der Waals surface area contributed by atoms with E-state index in [4.69, 9.17) is 32.2 Å². The summed E-state index contributed by atoms with van der Waals surface area (Å²) in [6, 6.07) is 18.8. The fourth-order valence-electron chi connectivity index (χ4n) is 2.23. The minimum atomic E-state index is -3.80. The van der Waals surface area contributed by atoms with Crippen molar-refractivity contribution in [3.8, 4) is 11.5 Å². The molecule has 27 heavy (non-hydrogen) atoms. The Morgan fingerprint density at radius 2 is 1.33 bits per heavy atom. The van der Waals surface area contributed by atoms with Gasteiger partial charge in [0.15, 0.2) is 0 Å². The van der Waals surface area contributed by atoms with Crippen molar-refractivity contribution in [2.45, 2.75) is 6.92 Å². The van der Waals surface area contributed by atoms with Crippen LogP contribution < -0.4 is 14.1 Å². The molecule has 0 unspecified atom stereocenters. The summed E-state index contributed by atoms with van der Waals surface area (Å²) < 4.78 is 26.0. The minimum absolute atomic E-state index is 0.368. The summed E-state index contributed by atoms with van der Waals surface area (Å²) in [5.41, 5.74) is 1.57. The molecular formula is C19H15Cl2INO3P. The molecule has 8 heteroatoms. The first-order valence-electron chi connectivity index (χ1n) is 7.88. The molecule has 0 aliphatic heterocycles. The Balaban J connectivity index is 1.92. The Hall–Kier alpha value is -1.40. The highest BCUT2D eigenvalue weighted by molar-refractivity contribution is 14.1. The van der Waals surface area contributed by atoms with Crippen LogP contribution in [0.3, 0.4) is 0 Å². The van der Waals surface area contributed by atoms with Gasteiger partial charge in [-0.15, -0.1) is 0 Å². The molecular weight excluding hydrogens is 519 g/mol. The maximum atomic E-state index is 13.5. The lowest BCUT2D eigenvalue weighted by atomic mass is 10.2. The average Bonchev–Trinajstić information content (AvgIpc) is 2.62. The van der Waals surface area contributed by atoms with Crippen molar-refractivity contribution in [2.24, 2.45) is 0 Å². The van der Waals surface area contributed by atoms with Gasteiger partial charge >= 0.3 is 7.75 Å². The maximum absolute atomic E-state index is 13.5. The summed E-state index contributed by atoms with van der Waals surface area (Å²) in [5, 5.41) is 4.02. The van der Waals surface area contributed by atoms with Crippen LogP contribution in [-0.4, -0.2) is 0 Å². The molecule has 3 rings (SSSR count). The van der Waals surface area contributed by atoms with Crippen molar-refractivity contribution in [3.05, 3.63) is 85.9 Å². The van der Waals surface area contributed by atoms with Crippen LogP contribution in [0.25, 0.3) is 0 Å². The SMILES string of the molecule is Cc1cc(I)ccc1NP(=O)(Oc1ccc(Cl)cc1)Oc1ccc(Cl)cc1. The van der Waals surface area contributed by atoms with Crippen LogP contribution in [-0.2, 0) is 4.57 Å². The number of anilines is 1. The molecule has 3 aromatic carbocycles. The largest absolute Gasteiger partial charge is 0.541 e. The van der Waals surface area contributed by atoms with Gasteiger partial charge in [0.25, 0.3) is 0 Å². The van der Waals surface area contributed by atoms with Crippen LogP contribution in [0, 0.1) is 10.5 Å². The summed E-state index contributed by atoms with van der Waals surface area (Å²) in [6.07, 6.45) is 0. The normalized spacial score (nSPS) is 11.1. The van der Waals surface area contributed by atoms with E-state index in [-0.39, 0.29) is 0 Å². The van der Waals surface area contributed by atoms with E-state index in [1.807, 2.05) is 25.1 Å². The topological polar surface area (TPSA) is 47.6 Å². The first-order chi connectivity index (χ1) is 12.8. The number of benzene rings is 3. The summed E-state index contributed by atoms with van der Waals surface area (Å²) in [5.74, 6) is 0.736. The zero-order chi connectivity index (χ0) is 19.4. The monoisotopic (exact) mass is 533 g/mol. The first-order valence-corrected chi connectivity index (χ1v) is 11.3. The molecule has 140 valence electrons. The van der Waals surface area contributed by atoms with E-state index in [0.29, 0.717) is 27.2 Å². The van der Waals surface area contributed by atoms with Crippen LogP contribution in [0.5, 0.6) is 11.5 Å². The van der Waals surface area contributed by atoms with Crippen LogP contribution >= 0.6 is 53.5 Å². The van der Waals surface area contributed by atoms with E-state index in [2.05, 4.69) is 27.7 Å². The smallest absolute Gasteiger partial charge is 0.400 e. The molecule has 0 radical (unpaired) electrons. The van der Waals surface area contributed by atoms with E-state index in [1.54, 1.807) is 48.5 Å². The van der Waals surface area contributed by atoms with E-state index < -0.39 is 7.75 Å². The van der Waals surface area contributed by atoms with Gasteiger partial charge < -0.3 is 9.05 Å². The number of rotatable bonds is 6. The lowest BCUT2D eigenvalue weighted by Crippen LogP contribution is -2.10. The minimum Gasteiger partial charge on any atom is -0.400 e. The van der Waals surface area contributed by atoms with E-state index in [0.717, 1.165) is 9.13 Å². The number of aryl methyl sites for hydroxylation is 1. The van der Waals surface area contributed by atoms with Gasteiger partial charge in [-0.1, -0.05) is 23.2 Å². The van der Waals surface area contributed by atoms with Gasteiger partial charge in [0.2, 0.25) is 0 Å². The molecule has 0 amide bonds. The predicted octanol–water partition coefficient (Wildman–Crippen LogP) is 7.58. The molecule has 0 saturated carbocycles. The van der Waals surface area contributed by atoms with Gasteiger partial charge in [-0.3, -0.25) is 5.09 Å². The lowest BCUT2D eigenvalue weighted by molar-refractivity contribution is 0.393. The van der Waals surface area contributed by atoms with Gasteiger partial charge in [-0.2, -0.15) is 0 Å². The van der Waals surface area contributed by atoms with Gasteiger partial charge in [-0.05, 0) is 102 Å². The van der Waals surface area contributed by atoms with Crippen molar-refractivity contribution < 1.29 is 13.6 Å². The first kappa shape index (κ1) is 20.3. The fourth-order valence-corrected chi connectivity index (χ4v) is 4.60. The van der Waals surface area contributed by atoms with Crippen molar-refractivity contribution >= 4 is 59.2 Å². The summed E-state index contributed by atoms with van der Waals surface area (Å²) in [4.78, 5) is 0. The van der Waals surface area contributed by atoms with E-state index in [9.17, 15) is 4.57 Å². The highest BCUT2D eigenvalue weighted by atomic mass is 127. The second kappa shape index (κ2) is 8.74. The number of halogens is 3. The molecule has 0 aliphatic carbocycles.